The lowest BCUT2D eigenvalue weighted by molar-refractivity contribution is 0.339. The van der Waals surface area contributed by atoms with Crippen molar-refractivity contribution in [3.63, 3.8) is 0 Å². The highest BCUT2D eigenvalue weighted by Crippen LogP contribution is 2.23. The van der Waals surface area contributed by atoms with Gasteiger partial charge in [-0.3, -0.25) is 0 Å². The second kappa shape index (κ2) is 7.08. The molecule has 3 aromatic rings. The fourth-order valence-corrected chi connectivity index (χ4v) is 3.14. The Hall–Kier alpha value is -2.64. The van der Waals surface area contributed by atoms with Gasteiger partial charge in [0, 0.05) is 18.2 Å². The van der Waals surface area contributed by atoms with Gasteiger partial charge in [-0.05, 0) is 36.8 Å². The average Bonchev–Trinajstić information content (AvgIpc) is 3.12. The maximum atomic E-state index is 12.4. The number of aryl methyl sites for hydroxylation is 1. The Morgan fingerprint density at radius 3 is 2.40 bits per heavy atom. The molecule has 1 N–H and O–H groups in total. The van der Waals surface area contributed by atoms with Crippen LogP contribution in [0.5, 0.6) is 5.75 Å². The molecule has 1 heterocycles. The molecular weight excluding hydrogens is 340 g/mol. The van der Waals surface area contributed by atoms with Crippen molar-refractivity contribution in [3.05, 3.63) is 65.7 Å². The molecule has 0 aliphatic heterocycles. The van der Waals surface area contributed by atoms with Crippen molar-refractivity contribution >= 4 is 10.0 Å². The van der Waals surface area contributed by atoms with Gasteiger partial charge in [-0.1, -0.05) is 35.0 Å². The first-order valence-electron chi connectivity index (χ1n) is 7.64. The molecule has 0 saturated carbocycles. The third-order valence-electron chi connectivity index (χ3n) is 3.73. The van der Waals surface area contributed by atoms with Crippen LogP contribution in [0.4, 0.5) is 0 Å². The molecule has 0 bridgehead atoms. The first kappa shape index (κ1) is 17.2. The van der Waals surface area contributed by atoms with E-state index in [0.717, 1.165) is 16.7 Å². The Balaban J connectivity index is 1.74. The number of hydrogen-bond donors (Lipinski definition) is 1. The van der Waals surface area contributed by atoms with Gasteiger partial charge in [-0.2, -0.15) is 0 Å². The van der Waals surface area contributed by atoms with Crippen molar-refractivity contribution in [2.75, 3.05) is 7.11 Å². The van der Waals surface area contributed by atoms with Crippen molar-refractivity contribution in [2.45, 2.75) is 18.6 Å². The van der Waals surface area contributed by atoms with Crippen LogP contribution in [0.15, 0.2) is 64.2 Å². The Kier molecular flexibility index (Phi) is 4.87. The van der Waals surface area contributed by atoms with Crippen LogP contribution in [-0.2, 0) is 16.6 Å². The van der Waals surface area contributed by atoms with Crippen LogP contribution in [0.1, 0.15) is 11.1 Å². The van der Waals surface area contributed by atoms with Crippen LogP contribution in [0, 0.1) is 6.92 Å². The van der Waals surface area contributed by atoms with Crippen LogP contribution in [0.3, 0.4) is 0 Å². The first-order chi connectivity index (χ1) is 12.0. The number of nitrogens with zero attached hydrogens (tertiary/aromatic N) is 1. The molecule has 0 aliphatic rings. The average molecular weight is 358 g/mol. The van der Waals surface area contributed by atoms with Gasteiger partial charge in [-0.25, -0.2) is 13.1 Å². The number of sulfonamides is 1. The van der Waals surface area contributed by atoms with E-state index in [0.29, 0.717) is 11.4 Å². The lowest BCUT2D eigenvalue weighted by Crippen LogP contribution is -2.22. The van der Waals surface area contributed by atoms with Crippen molar-refractivity contribution in [2.24, 2.45) is 0 Å². The van der Waals surface area contributed by atoms with Crippen LogP contribution in [0.2, 0.25) is 0 Å². The summed E-state index contributed by atoms with van der Waals surface area (Å²) in [4.78, 5) is 0. The highest BCUT2D eigenvalue weighted by molar-refractivity contribution is 7.89. The Morgan fingerprint density at radius 2 is 1.76 bits per heavy atom. The summed E-state index contributed by atoms with van der Waals surface area (Å²) in [6.45, 7) is 2.16. The molecular formula is C18H18N2O4S. The predicted molar refractivity (Wildman–Crippen MR) is 93.7 cm³/mol. The predicted octanol–water partition coefficient (Wildman–Crippen LogP) is 3.14. The summed E-state index contributed by atoms with van der Waals surface area (Å²) in [5.74, 6) is 0.708. The Morgan fingerprint density at radius 1 is 1.08 bits per heavy atom. The van der Waals surface area contributed by atoms with E-state index >= 15 is 0 Å². The molecule has 0 aliphatic carbocycles. The second-order valence-electron chi connectivity index (χ2n) is 5.57. The van der Waals surface area contributed by atoms with E-state index in [1.54, 1.807) is 31.4 Å². The minimum absolute atomic E-state index is 0.182. The topological polar surface area (TPSA) is 81.4 Å². The SMILES string of the molecule is COc1ccc(-c2cc(S(=O)(=O)NCc3ccc(C)cc3)on2)cc1. The molecule has 0 fully saturated rings. The van der Waals surface area contributed by atoms with Gasteiger partial charge in [-0.15, -0.1) is 0 Å². The summed E-state index contributed by atoms with van der Waals surface area (Å²) < 4.78 is 37.3. The van der Waals surface area contributed by atoms with Crippen molar-refractivity contribution in [1.82, 2.24) is 9.88 Å². The highest BCUT2D eigenvalue weighted by atomic mass is 32.2. The summed E-state index contributed by atoms with van der Waals surface area (Å²) in [6.07, 6.45) is 0. The maximum Gasteiger partial charge on any atom is 0.277 e. The van der Waals surface area contributed by atoms with E-state index in [-0.39, 0.29) is 11.6 Å². The van der Waals surface area contributed by atoms with Gasteiger partial charge < -0.3 is 9.26 Å². The maximum absolute atomic E-state index is 12.4. The lowest BCUT2D eigenvalue weighted by atomic mass is 10.1. The number of nitrogens with one attached hydrogen (secondary N) is 1. The molecule has 0 spiro atoms. The van der Waals surface area contributed by atoms with Gasteiger partial charge in [0.25, 0.3) is 15.1 Å². The van der Waals surface area contributed by atoms with Crippen LogP contribution < -0.4 is 9.46 Å². The number of ether oxygens (including phenoxy) is 1. The van der Waals surface area contributed by atoms with Crippen molar-refractivity contribution in [1.29, 1.82) is 0 Å². The zero-order valence-electron chi connectivity index (χ0n) is 13.9. The molecule has 130 valence electrons. The minimum atomic E-state index is -3.77. The summed E-state index contributed by atoms with van der Waals surface area (Å²) >= 11 is 0. The molecule has 0 saturated heterocycles. The zero-order valence-corrected chi connectivity index (χ0v) is 14.7. The third kappa shape index (κ3) is 4.07. The highest BCUT2D eigenvalue weighted by Gasteiger charge is 2.20. The molecule has 7 heteroatoms. The fraction of sp³-hybridized carbons (Fsp3) is 0.167. The van der Waals surface area contributed by atoms with E-state index in [1.165, 1.54) is 6.07 Å². The van der Waals surface area contributed by atoms with Crippen LogP contribution >= 0.6 is 0 Å². The lowest BCUT2D eigenvalue weighted by Gasteiger charge is -2.04. The number of rotatable bonds is 6. The molecule has 0 amide bonds. The third-order valence-corrected chi connectivity index (χ3v) is 4.97. The summed E-state index contributed by atoms with van der Waals surface area (Å²) in [7, 11) is -2.19. The molecule has 0 unspecified atom stereocenters. The molecule has 2 aromatic carbocycles. The quantitative estimate of drug-likeness (QED) is 0.732. The van der Waals surface area contributed by atoms with Crippen molar-refractivity contribution < 1.29 is 17.7 Å². The number of benzene rings is 2. The summed E-state index contributed by atoms with van der Waals surface area (Å²) in [5, 5.41) is 3.62. The number of hydrogen-bond acceptors (Lipinski definition) is 5. The Labute approximate surface area is 146 Å². The number of methoxy groups -OCH3 is 1. The van der Waals surface area contributed by atoms with Gasteiger partial charge >= 0.3 is 0 Å². The standard InChI is InChI=1S/C18H18N2O4S/c1-13-3-5-14(6-4-13)12-19-25(21,22)18-11-17(20-24-18)15-7-9-16(23-2)10-8-15/h3-11,19H,12H2,1-2H3. The van der Waals surface area contributed by atoms with Gasteiger partial charge in [0.2, 0.25) is 0 Å². The molecule has 25 heavy (non-hydrogen) atoms. The Bertz CT molecular complexity index is 946. The molecule has 3 rings (SSSR count). The molecule has 0 radical (unpaired) electrons. The van der Waals surface area contributed by atoms with E-state index < -0.39 is 10.0 Å². The molecule has 6 nitrogen and oxygen atoms in total. The summed E-state index contributed by atoms with van der Waals surface area (Å²) in [5.41, 5.74) is 3.16. The fourth-order valence-electron chi connectivity index (χ4n) is 2.24. The van der Waals surface area contributed by atoms with E-state index in [4.69, 9.17) is 9.26 Å². The van der Waals surface area contributed by atoms with E-state index in [1.807, 2.05) is 31.2 Å². The van der Waals surface area contributed by atoms with Crippen LogP contribution in [-0.4, -0.2) is 20.7 Å². The van der Waals surface area contributed by atoms with Gasteiger partial charge in [0.1, 0.15) is 11.4 Å². The van der Waals surface area contributed by atoms with Gasteiger partial charge in [0.05, 0.1) is 7.11 Å². The number of aromatic nitrogens is 1. The van der Waals surface area contributed by atoms with Crippen LogP contribution in [0.25, 0.3) is 11.3 Å². The van der Waals surface area contributed by atoms with E-state index in [9.17, 15) is 8.42 Å². The van der Waals surface area contributed by atoms with E-state index in [2.05, 4.69) is 9.88 Å². The second-order valence-corrected chi connectivity index (χ2v) is 7.27. The van der Waals surface area contributed by atoms with Gasteiger partial charge in [0.15, 0.2) is 0 Å². The largest absolute Gasteiger partial charge is 0.497 e. The zero-order chi connectivity index (χ0) is 17.9. The molecule has 1 aromatic heterocycles. The summed E-state index contributed by atoms with van der Waals surface area (Å²) in [6, 6.07) is 16.1. The monoisotopic (exact) mass is 358 g/mol. The smallest absolute Gasteiger partial charge is 0.277 e. The normalized spacial score (nSPS) is 11.4. The molecule has 0 atom stereocenters. The van der Waals surface area contributed by atoms with Crippen molar-refractivity contribution in [3.8, 4) is 17.0 Å². The first-order valence-corrected chi connectivity index (χ1v) is 9.12. The minimum Gasteiger partial charge on any atom is -0.497 e.